The fraction of sp³-hybridized carbons (Fsp3) is 0.800. The van der Waals surface area contributed by atoms with Crippen molar-refractivity contribution in [3.63, 3.8) is 0 Å². The Kier molecular flexibility index (Phi) is 5.52. The zero-order chi connectivity index (χ0) is 16.2. The van der Waals surface area contributed by atoms with Crippen molar-refractivity contribution in [3.05, 3.63) is 12.2 Å². The van der Waals surface area contributed by atoms with Gasteiger partial charge in [0.2, 0.25) is 5.91 Å². The van der Waals surface area contributed by atoms with E-state index in [2.05, 4.69) is 27.2 Å². The summed E-state index contributed by atoms with van der Waals surface area (Å²) in [7, 11) is 0. The molecule has 0 aliphatic carbocycles. The molecule has 1 atom stereocenters. The van der Waals surface area contributed by atoms with E-state index in [1.54, 1.807) is 6.33 Å². The highest BCUT2D eigenvalue weighted by atomic mass is 16.5. The van der Waals surface area contributed by atoms with Crippen LogP contribution in [0.2, 0.25) is 0 Å². The Balaban J connectivity index is 2.01. The van der Waals surface area contributed by atoms with Gasteiger partial charge in [0.05, 0.1) is 24.8 Å². The second-order valence-corrected chi connectivity index (χ2v) is 6.19. The fourth-order valence-electron chi connectivity index (χ4n) is 2.70. The first-order chi connectivity index (χ1) is 10.5. The lowest BCUT2D eigenvalue weighted by molar-refractivity contribution is -0.135. The molecule has 0 spiro atoms. The predicted octanol–water partition coefficient (Wildman–Crippen LogP) is 0.976. The molecule has 1 aromatic rings. The van der Waals surface area contributed by atoms with Gasteiger partial charge in [-0.1, -0.05) is 6.92 Å². The van der Waals surface area contributed by atoms with Gasteiger partial charge in [0.15, 0.2) is 0 Å². The van der Waals surface area contributed by atoms with Crippen LogP contribution in [0.15, 0.2) is 6.33 Å². The van der Waals surface area contributed by atoms with Crippen LogP contribution in [-0.2, 0) is 16.1 Å². The predicted molar refractivity (Wildman–Crippen MR) is 83.3 cm³/mol. The molecule has 0 saturated carbocycles. The highest BCUT2D eigenvalue weighted by molar-refractivity contribution is 5.85. The van der Waals surface area contributed by atoms with Crippen LogP contribution in [-0.4, -0.2) is 57.4 Å². The minimum Gasteiger partial charge on any atom is -0.379 e. The number of aromatic nitrogens is 3. The number of amides is 1. The van der Waals surface area contributed by atoms with E-state index in [-0.39, 0.29) is 11.9 Å². The number of rotatable bonds is 6. The summed E-state index contributed by atoms with van der Waals surface area (Å²) in [6, 6.07) is -0.165. The van der Waals surface area contributed by atoms with Crippen molar-refractivity contribution in [3.8, 4) is 0 Å². The number of morpholine rings is 1. The summed E-state index contributed by atoms with van der Waals surface area (Å²) in [5.41, 5.74) is -0.562. The zero-order valence-electron chi connectivity index (χ0n) is 14.0. The normalized spacial score (nSPS) is 18.2. The van der Waals surface area contributed by atoms with Gasteiger partial charge in [-0.25, -0.2) is 9.67 Å². The second-order valence-electron chi connectivity index (χ2n) is 6.19. The topological polar surface area (TPSA) is 72.3 Å². The van der Waals surface area contributed by atoms with Crippen molar-refractivity contribution >= 4 is 5.91 Å². The van der Waals surface area contributed by atoms with Crippen LogP contribution in [0.1, 0.15) is 46.0 Å². The molecule has 1 aliphatic rings. The highest BCUT2D eigenvalue weighted by Crippen LogP contribution is 2.18. The summed E-state index contributed by atoms with van der Waals surface area (Å²) in [6.45, 7) is 11.7. The molecule has 1 aliphatic heterocycles. The third-order valence-corrected chi connectivity index (χ3v) is 4.17. The summed E-state index contributed by atoms with van der Waals surface area (Å²) >= 11 is 0. The van der Waals surface area contributed by atoms with Crippen LogP contribution >= 0.6 is 0 Å². The fourth-order valence-corrected chi connectivity index (χ4v) is 2.70. The number of nitrogens with one attached hydrogen (secondary N) is 1. The molecule has 22 heavy (non-hydrogen) atoms. The third-order valence-electron chi connectivity index (χ3n) is 4.17. The maximum Gasteiger partial charge on any atom is 0.240 e. The van der Waals surface area contributed by atoms with Crippen LogP contribution in [0.4, 0.5) is 0 Å². The Hall–Kier alpha value is -1.47. The summed E-state index contributed by atoms with van der Waals surface area (Å²) < 4.78 is 7.22. The average Bonchev–Trinajstić information content (AvgIpc) is 2.97. The number of ether oxygens (including phenoxy) is 1. The zero-order valence-corrected chi connectivity index (χ0v) is 14.0. The molecule has 1 saturated heterocycles. The molecule has 0 radical (unpaired) electrons. The van der Waals surface area contributed by atoms with Crippen molar-refractivity contribution in [2.75, 3.05) is 26.3 Å². The van der Waals surface area contributed by atoms with E-state index in [0.717, 1.165) is 31.9 Å². The lowest BCUT2D eigenvalue weighted by atomic mass is 10.0. The van der Waals surface area contributed by atoms with E-state index in [9.17, 15) is 4.79 Å². The SMILES string of the molecule is CCCn1ncnc1[C@@H](C)NC(=O)C(C)(C)N1CCOCC1. The molecule has 1 fully saturated rings. The van der Waals surface area contributed by atoms with Crippen molar-refractivity contribution in [2.24, 2.45) is 0 Å². The minimum atomic E-state index is -0.562. The molecule has 1 N–H and O–H groups in total. The molecular weight excluding hydrogens is 282 g/mol. The highest BCUT2D eigenvalue weighted by Gasteiger charge is 2.36. The number of nitrogens with zero attached hydrogens (tertiary/aromatic N) is 4. The van der Waals surface area contributed by atoms with Crippen molar-refractivity contribution < 1.29 is 9.53 Å². The molecule has 2 rings (SSSR count). The van der Waals surface area contributed by atoms with E-state index in [1.807, 2.05) is 25.5 Å². The molecule has 7 heteroatoms. The van der Waals surface area contributed by atoms with Gasteiger partial charge in [0.1, 0.15) is 12.2 Å². The van der Waals surface area contributed by atoms with Gasteiger partial charge in [-0.15, -0.1) is 0 Å². The first-order valence-corrected chi connectivity index (χ1v) is 7.98. The lowest BCUT2D eigenvalue weighted by Gasteiger charge is -2.39. The third kappa shape index (κ3) is 3.64. The van der Waals surface area contributed by atoms with Crippen molar-refractivity contribution in [2.45, 2.75) is 52.2 Å². The quantitative estimate of drug-likeness (QED) is 0.848. The van der Waals surface area contributed by atoms with Crippen LogP contribution in [0, 0.1) is 0 Å². The van der Waals surface area contributed by atoms with Gasteiger partial charge < -0.3 is 10.1 Å². The van der Waals surface area contributed by atoms with Gasteiger partial charge in [-0.05, 0) is 27.2 Å². The number of carbonyl (C=O) groups excluding carboxylic acids is 1. The van der Waals surface area contributed by atoms with E-state index < -0.39 is 5.54 Å². The summed E-state index contributed by atoms with van der Waals surface area (Å²) in [4.78, 5) is 19.1. The van der Waals surface area contributed by atoms with Crippen LogP contribution in [0.3, 0.4) is 0 Å². The largest absolute Gasteiger partial charge is 0.379 e. The summed E-state index contributed by atoms with van der Waals surface area (Å²) in [5.74, 6) is 0.806. The number of aryl methyl sites for hydroxylation is 1. The number of carbonyl (C=O) groups is 1. The van der Waals surface area contributed by atoms with E-state index in [4.69, 9.17) is 4.74 Å². The van der Waals surface area contributed by atoms with E-state index in [0.29, 0.717) is 13.2 Å². The first-order valence-electron chi connectivity index (χ1n) is 7.98. The maximum atomic E-state index is 12.7. The van der Waals surface area contributed by atoms with Crippen molar-refractivity contribution in [1.29, 1.82) is 0 Å². The van der Waals surface area contributed by atoms with Gasteiger partial charge >= 0.3 is 0 Å². The Morgan fingerprint density at radius 3 is 2.77 bits per heavy atom. The Morgan fingerprint density at radius 1 is 1.45 bits per heavy atom. The molecule has 7 nitrogen and oxygen atoms in total. The molecule has 1 amide bonds. The second kappa shape index (κ2) is 7.19. The molecule has 0 bridgehead atoms. The maximum absolute atomic E-state index is 12.7. The molecule has 0 unspecified atom stereocenters. The van der Waals surface area contributed by atoms with Gasteiger partial charge in [0, 0.05) is 19.6 Å². The van der Waals surface area contributed by atoms with Crippen molar-refractivity contribution in [1.82, 2.24) is 25.0 Å². The van der Waals surface area contributed by atoms with Gasteiger partial charge in [-0.3, -0.25) is 9.69 Å². The first kappa shape index (κ1) is 16.9. The van der Waals surface area contributed by atoms with Crippen LogP contribution < -0.4 is 5.32 Å². The number of hydrogen-bond donors (Lipinski definition) is 1. The summed E-state index contributed by atoms with van der Waals surface area (Å²) in [5, 5.41) is 7.29. The smallest absolute Gasteiger partial charge is 0.240 e. The molecular formula is C15H27N5O2. The summed E-state index contributed by atoms with van der Waals surface area (Å²) in [6.07, 6.45) is 2.52. The monoisotopic (exact) mass is 309 g/mol. The molecule has 124 valence electrons. The van der Waals surface area contributed by atoms with Crippen LogP contribution in [0.5, 0.6) is 0 Å². The molecule has 2 heterocycles. The van der Waals surface area contributed by atoms with Crippen LogP contribution in [0.25, 0.3) is 0 Å². The van der Waals surface area contributed by atoms with Gasteiger partial charge in [-0.2, -0.15) is 5.10 Å². The Bertz CT molecular complexity index is 494. The minimum absolute atomic E-state index is 0.00736. The van der Waals surface area contributed by atoms with E-state index in [1.165, 1.54) is 0 Å². The Labute approximate surface area is 132 Å². The van der Waals surface area contributed by atoms with Gasteiger partial charge in [0.25, 0.3) is 0 Å². The molecule has 1 aromatic heterocycles. The number of hydrogen-bond acceptors (Lipinski definition) is 5. The molecule has 0 aromatic carbocycles. The lowest BCUT2D eigenvalue weighted by Crippen LogP contribution is -2.58. The Morgan fingerprint density at radius 2 is 2.14 bits per heavy atom. The standard InChI is InChI=1S/C15H27N5O2/c1-5-6-20-13(16-11-17-20)12(2)18-14(21)15(3,4)19-7-9-22-10-8-19/h11-12H,5-10H2,1-4H3,(H,18,21)/t12-/m1/s1. The van der Waals surface area contributed by atoms with E-state index >= 15 is 0 Å². The average molecular weight is 309 g/mol.